The largest absolute Gasteiger partial charge is 0.507 e. The van der Waals surface area contributed by atoms with Crippen LogP contribution in [0.25, 0.3) is 0 Å². The van der Waals surface area contributed by atoms with Crippen molar-refractivity contribution in [3.63, 3.8) is 0 Å². The normalized spacial score (nSPS) is 13.1. The molecule has 0 aliphatic carbocycles. The molecule has 0 saturated carbocycles. The van der Waals surface area contributed by atoms with Crippen LogP contribution in [0.5, 0.6) is 5.75 Å². The van der Waals surface area contributed by atoms with Crippen LogP contribution in [0.15, 0.2) is 12.1 Å². The number of unbranched alkanes of at least 4 members (excludes halogenated alkanes) is 9. The number of ether oxygens (including phenoxy) is 1. The summed E-state index contributed by atoms with van der Waals surface area (Å²) >= 11 is 1.96. The highest BCUT2D eigenvalue weighted by Crippen LogP contribution is 2.40. The molecule has 0 radical (unpaired) electrons. The predicted octanol–water partition coefficient (Wildman–Crippen LogP) is 9.90. The number of phenols is 1. The smallest absolute Gasteiger partial charge is 0.306 e. The Balaban J connectivity index is 2.39. The molecule has 214 valence electrons. The molecular weight excluding hydrogens is 476 g/mol. The van der Waals surface area contributed by atoms with Gasteiger partial charge in [0.25, 0.3) is 0 Å². The van der Waals surface area contributed by atoms with Crippen LogP contribution in [0, 0.1) is 0 Å². The third kappa shape index (κ3) is 14.0. The SMILES string of the molecule is CCCCCCCCCCCCSC(CC)COC(=O)CCc1cc(C(C)(C)C)c(O)c(C(C)(C)C)c1. The maximum atomic E-state index is 12.5. The van der Waals surface area contributed by atoms with Gasteiger partial charge in [-0.1, -0.05) is 125 Å². The minimum absolute atomic E-state index is 0.124. The lowest BCUT2D eigenvalue weighted by Gasteiger charge is -2.28. The third-order valence-corrected chi connectivity index (χ3v) is 8.61. The summed E-state index contributed by atoms with van der Waals surface area (Å²) in [6.45, 7) is 17.7. The maximum absolute atomic E-state index is 12.5. The number of carbonyl (C=O) groups is 1. The first-order valence-corrected chi connectivity index (χ1v) is 16.1. The van der Waals surface area contributed by atoms with E-state index in [2.05, 4.69) is 67.5 Å². The van der Waals surface area contributed by atoms with Crippen molar-refractivity contribution >= 4 is 17.7 Å². The highest BCUT2D eigenvalue weighted by atomic mass is 32.2. The van der Waals surface area contributed by atoms with E-state index in [9.17, 15) is 9.90 Å². The summed E-state index contributed by atoms with van der Waals surface area (Å²) in [5.41, 5.74) is 2.64. The number of hydrogen-bond acceptors (Lipinski definition) is 4. The molecule has 1 aromatic rings. The topological polar surface area (TPSA) is 46.5 Å². The summed E-state index contributed by atoms with van der Waals surface area (Å²) in [7, 11) is 0. The molecule has 1 unspecified atom stereocenters. The van der Waals surface area contributed by atoms with Gasteiger partial charge in [0.2, 0.25) is 0 Å². The number of carbonyl (C=O) groups excluding carboxylic acids is 1. The van der Waals surface area contributed by atoms with Crippen molar-refractivity contribution in [2.24, 2.45) is 0 Å². The van der Waals surface area contributed by atoms with E-state index in [4.69, 9.17) is 4.74 Å². The fourth-order valence-corrected chi connectivity index (χ4v) is 5.71. The van der Waals surface area contributed by atoms with Crippen molar-refractivity contribution in [1.29, 1.82) is 0 Å². The van der Waals surface area contributed by atoms with Gasteiger partial charge in [0, 0.05) is 11.7 Å². The van der Waals surface area contributed by atoms with Crippen LogP contribution in [0.1, 0.15) is 149 Å². The molecule has 0 aromatic heterocycles. The molecule has 1 N–H and O–H groups in total. The fourth-order valence-electron chi connectivity index (χ4n) is 4.61. The zero-order chi connectivity index (χ0) is 27.9. The summed E-state index contributed by atoms with van der Waals surface area (Å²) in [6, 6.07) is 4.13. The number of rotatable bonds is 18. The highest BCUT2D eigenvalue weighted by Gasteiger charge is 2.26. The minimum Gasteiger partial charge on any atom is -0.507 e. The Bertz CT molecular complexity index is 738. The second kappa shape index (κ2) is 17.4. The van der Waals surface area contributed by atoms with E-state index in [0.717, 1.165) is 28.9 Å². The van der Waals surface area contributed by atoms with Crippen LogP contribution in [-0.4, -0.2) is 28.7 Å². The first-order chi connectivity index (χ1) is 17.4. The first-order valence-electron chi connectivity index (χ1n) is 15.0. The zero-order valence-electron chi connectivity index (χ0n) is 25.5. The summed E-state index contributed by atoms with van der Waals surface area (Å²) in [4.78, 5) is 12.5. The van der Waals surface area contributed by atoms with Gasteiger partial charge < -0.3 is 9.84 Å². The van der Waals surface area contributed by atoms with Gasteiger partial charge in [0.15, 0.2) is 0 Å². The molecule has 3 nitrogen and oxygen atoms in total. The van der Waals surface area contributed by atoms with Crippen molar-refractivity contribution in [3.8, 4) is 5.75 Å². The van der Waals surface area contributed by atoms with Crippen molar-refractivity contribution in [2.45, 2.75) is 155 Å². The molecule has 1 aromatic carbocycles. The number of esters is 1. The lowest BCUT2D eigenvalue weighted by Crippen LogP contribution is -2.19. The molecule has 4 heteroatoms. The Morgan fingerprint density at radius 2 is 1.32 bits per heavy atom. The summed E-state index contributed by atoms with van der Waals surface area (Å²) in [5.74, 6) is 1.42. The number of benzene rings is 1. The third-order valence-electron chi connectivity index (χ3n) is 7.14. The average molecular weight is 535 g/mol. The fraction of sp³-hybridized carbons (Fsp3) is 0.788. The van der Waals surface area contributed by atoms with Gasteiger partial charge >= 0.3 is 5.97 Å². The van der Waals surface area contributed by atoms with Crippen molar-refractivity contribution in [3.05, 3.63) is 28.8 Å². The van der Waals surface area contributed by atoms with Crippen LogP contribution < -0.4 is 0 Å². The van der Waals surface area contributed by atoms with Gasteiger partial charge in [0.1, 0.15) is 12.4 Å². The number of hydrogen-bond donors (Lipinski definition) is 1. The van der Waals surface area contributed by atoms with Gasteiger partial charge in [-0.25, -0.2) is 0 Å². The quantitative estimate of drug-likeness (QED) is 0.150. The van der Waals surface area contributed by atoms with E-state index in [0.29, 0.717) is 30.4 Å². The number of phenolic OH excluding ortho intramolecular Hbond substituents is 1. The monoisotopic (exact) mass is 534 g/mol. The van der Waals surface area contributed by atoms with Gasteiger partial charge in [-0.05, 0) is 52.5 Å². The molecule has 0 amide bonds. The number of thioether (sulfide) groups is 1. The number of aryl methyl sites for hydroxylation is 1. The highest BCUT2D eigenvalue weighted by molar-refractivity contribution is 7.99. The molecule has 1 rings (SSSR count). The Morgan fingerprint density at radius 3 is 1.78 bits per heavy atom. The maximum Gasteiger partial charge on any atom is 0.306 e. The molecule has 1 atom stereocenters. The summed E-state index contributed by atoms with van der Waals surface area (Å²) in [6.07, 6.45) is 15.7. The lowest BCUT2D eigenvalue weighted by atomic mass is 9.78. The molecule has 0 fully saturated rings. The van der Waals surface area contributed by atoms with Gasteiger partial charge in [-0.15, -0.1) is 0 Å². The van der Waals surface area contributed by atoms with Crippen LogP contribution in [0.3, 0.4) is 0 Å². The molecule has 0 spiro atoms. The molecule has 0 saturated heterocycles. The average Bonchev–Trinajstić information content (AvgIpc) is 2.82. The van der Waals surface area contributed by atoms with Crippen LogP contribution in [0.2, 0.25) is 0 Å². The second-order valence-corrected chi connectivity index (χ2v) is 14.2. The zero-order valence-corrected chi connectivity index (χ0v) is 26.3. The summed E-state index contributed by atoms with van der Waals surface area (Å²) < 4.78 is 5.68. The van der Waals surface area contributed by atoms with E-state index < -0.39 is 0 Å². The van der Waals surface area contributed by atoms with E-state index in [-0.39, 0.29) is 16.8 Å². The van der Waals surface area contributed by atoms with E-state index in [1.54, 1.807) is 0 Å². The Morgan fingerprint density at radius 1 is 0.838 bits per heavy atom. The lowest BCUT2D eigenvalue weighted by molar-refractivity contribution is -0.143. The van der Waals surface area contributed by atoms with E-state index >= 15 is 0 Å². The molecular formula is C33H58O3S. The van der Waals surface area contributed by atoms with E-state index in [1.165, 1.54) is 64.2 Å². The van der Waals surface area contributed by atoms with Crippen molar-refractivity contribution < 1.29 is 14.6 Å². The molecule has 0 aliphatic heterocycles. The standard InChI is InChI=1S/C33H58O3S/c1-9-11-12-13-14-15-16-17-18-19-22-37-27(10-2)25-36-30(34)21-20-26-23-28(32(3,4)5)31(35)29(24-26)33(6,7)8/h23-24,27,35H,9-22,25H2,1-8H3. The van der Waals surface area contributed by atoms with Crippen molar-refractivity contribution in [2.75, 3.05) is 12.4 Å². The Hall–Kier alpha value is -1.16. The predicted molar refractivity (Wildman–Crippen MR) is 163 cm³/mol. The van der Waals surface area contributed by atoms with Crippen molar-refractivity contribution in [1.82, 2.24) is 0 Å². The van der Waals surface area contributed by atoms with Crippen LogP contribution in [0.4, 0.5) is 0 Å². The first kappa shape index (κ1) is 33.9. The van der Waals surface area contributed by atoms with Crippen LogP contribution in [-0.2, 0) is 26.8 Å². The van der Waals surface area contributed by atoms with Crippen LogP contribution >= 0.6 is 11.8 Å². The van der Waals surface area contributed by atoms with Gasteiger partial charge in [0.05, 0.1) is 0 Å². The van der Waals surface area contributed by atoms with Gasteiger partial charge in [-0.3, -0.25) is 4.79 Å². The second-order valence-electron chi connectivity index (χ2n) is 12.8. The number of aromatic hydroxyl groups is 1. The summed E-state index contributed by atoms with van der Waals surface area (Å²) in [5, 5.41) is 11.3. The molecule has 0 aliphatic rings. The molecule has 37 heavy (non-hydrogen) atoms. The van der Waals surface area contributed by atoms with E-state index in [1.807, 2.05) is 11.8 Å². The minimum atomic E-state index is -0.166. The molecule has 0 heterocycles. The Labute approximate surface area is 233 Å². The van der Waals surface area contributed by atoms with Gasteiger partial charge in [-0.2, -0.15) is 11.8 Å². The molecule has 0 bridgehead atoms. The Kier molecular flexibility index (Phi) is 16.0.